The highest BCUT2D eigenvalue weighted by Crippen LogP contribution is 2.16. The third kappa shape index (κ3) is 3.29. The molecule has 0 saturated carbocycles. The van der Waals surface area contributed by atoms with Crippen LogP contribution in [0.4, 0.5) is 0 Å². The van der Waals surface area contributed by atoms with Crippen molar-refractivity contribution in [2.75, 3.05) is 19.7 Å². The van der Waals surface area contributed by atoms with Crippen LogP contribution in [0.15, 0.2) is 35.2 Å². The van der Waals surface area contributed by atoms with E-state index in [2.05, 4.69) is 5.32 Å². The van der Waals surface area contributed by atoms with Gasteiger partial charge in [0.1, 0.15) is 6.10 Å². The molecule has 1 aromatic rings. The summed E-state index contributed by atoms with van der Waals surface area (Å²) in [6, 6.07) is 8.12. The van der Waals surface area contributed by atoms with Crippen LogP contribution in [-0.4, -0.2) is 40.3 Å². The molecule has 2 atom stereocenters. The van der Waals surface area contributed by atoms with Crippen molar-refractivity contribution in [2.24, 2.45) is 0 Å². The molecule has 0 aliphatic carbocycles. The van der Waals surface area contributed by atoms with Crippen molar-refractivity contribution in [3.8, 4) is 0 Å². The van der Waals surface area contributed by atoms with Gasteiger partial charge in [-0.3, -0.25) is 4.18 Å². The molecule has 18 heavy (non-hydrogen) atoms. The second-order valence-corrected chi connectivity index (χ2v) is 5.75. The molecule has 6 heteroatoms. The first-order chi connectivity index (χ1) is 8.59. The lowest BCUT2D eigenvalue weighted by molar-refractivity contribution is -0.0330. The average Bonchev–Trinajstić information content (AvgIpc) is 2.40. The van der Waals surface area contributed by atoms with Gasteiger partial charge in [0.15, 0.2) is 0 Å². The van der Waals surface area contributed by atoms with Crippen LogP contribution >= 0.6 is 0 Å². The van der Waals surface area contributed by atoms with E-state index in [1.165, 1.54) is 12.1 Å². The van der Waals surface area contributed by atoms with Gasteiger partial charge >= 0.3 is 0 Å². The van der Waals surface area contributed by atoms with Crippen LogP contribution in [-0.2, 0) is 19.0 Å². The molecule has 1 aromatic carbocycles. The molecule has 1 saturated heterocycles. The minimum Gasteiger partial charge on any atom is -0.373 e. The van der Waals surface area contributed by atoms with Crippen LogP contribution < -0.4 is 5.32 Å². The van der Waals surface area contributed by atoms with Gasteiger partial charge in [-0.1, -0.05) is 18.2 Å². The van der Waals surface area contributed by atoms with E-state index in [9.17, 15) is 8.42 Å². The molecule has 0 radical (unpaired) electrons. The first-order valence-corrected chi connectivity index (χ1v) is 7.31. The fourth-order valence-electron chi connectivity index (χ4n) is 1.79. The lowest BCUT2D eigenvalue weighted by atomic mass is 10.2. The first-order valence-electron chi connectivity index (χ1n) is 5.90. The summed E-state index contributed by atoms with van der Waals surface area (Å²) in [4.78, 5) is 0.167. The number of hydrogen-bond acceptors (Lipinski definition) is 5. The normalized spacial score (nSPS) is 22.6. The molecule has 1 aliphatic heterocycles. The second-order valence-electron chi connectivity index (χ2n) is 4.18. The SMILES string of the molecule is CC(OS(=O)(=O)c1ccccc1)C1CNCCO1. The van der Waals surface area contributed by atoms with E-state index in [0.29, 0.717) is 13.2 Å². The topological polar surface area (TPSA) is 64.6 Å². The predicted octanol–water partition coefficient (Wildman–Crippen LogP) is 0.769. The standard InChI is InChI=1S/C12H17NO4S/c1-10(12-9-13-7-8-16-12)17-18(14,15)11-5-3-2-4-6-11/h2-6,10,12-13H,7-9H2,1H3. The van der Waals surface area contributed by atoms with Crippen molar-refractivity contribution in [3.63, 3.8) is 0 Å². The van der Waals surface area contributed by atoms with E-state index in [1.54, 1.807) is 25.1 Å². The Balaban J connectivity index is 2.04. The fourth-order valence-corrected chi connectivity index (χ4v) is 2.92. The molecule has 2 unspecified atom stereocenters. The van der Waals surface area contributed by atoms with Crippen molar-refractivity contribution in [2.45, 2.75) is 24.0 Å². The van der Waals surface area contributed by atoms with Crippen LogP contribution in [0.2, 0.25) is 0 Å². The highest BCUT2D eigenvalue weighted by Gasteiger charge is 2.27. The van der Waals surface area contributed by atoms with Crippen molar-refractivity contribution < 1.29 is 17.3 Å². The molecular weight excluding hydrogens is 254 g/mol. The molecule has 2 rings (SSSR count). The third-order valence-corrected chi connectivity index (χ3v) is 4.20. The van der Waals surface area contributed by atoms with Crippen LogP contribution in [0.3, 0.4) is 0 Å². The number of ether oxygens (including phenoxy) is 1. The molecule has 5 nitrogen and oxygen atoms in total. The molecule has 0 aromatic heterocycles. The van der Waals surface area contributed by atoms with Gasteiger partial charge in [-0.25, -0.2) is 0 Å². The van der Waals surface area contributed by atoms with E-state index in [0.717, 1.165) is 6.54 Å². The van der Waals surface area contributed by atoms with Gasteiger partial charge in [0, 0.05) is 13.1 Å². The first kappa shape index (κ1) is 13.5. The van der Waals surface area contributed by atoms with Gasteiger partial charge in [-0.15, -0.1) is 0 Å². The number of benzene rings is 1. The van der Waals surface area contributed by atoms with Crippen LogP contribution in [0.1, 0.15) is 6.92 Å². The van der Waals surface area contributed by atoms with Crippen LogP contribution in [0.5, 0.6) is 0 Å². The van der Waals surface area contributed by atoms with Gasteiger partial charge in [0.05, 0.1) is 17.6 Å². The minimum absolute atomic E-state index is 0.167. The largest absolute Gasteiger partial charge is 0.373 e. The van der Waals surface area contributed by atoms with E-state index < -0.39 is 16.2 Å². The Morgan fingerprint density at radius 2 is 2.11 bits per heavy atom. The zero-order chi connectivity index (χ0) is 13.0. The molecule has 0 amide bonds. The number of rotatable bonds is 4. The van der Waals surface area contributed by atoms with Gasteiger partial charge in [0.2, 0.25) is 0 Å². The highest BCUT2D eigenvalue weighted by molar-refractivity contribution is 7.86. The Morgan fingerprint density at radius 1 is 1.39 bits per heavy atom. The Hall–Kier alpha value is -0.950. The fraction of sp³-hybridized carbons (Fsp3) is 0.500. The number of morpholine rings is 1. The summed E-state index contributed by atoms with van der Waals surface area (Å²) in [7, 11) is -3.72. The zero-order valence-electron chi connectivity index (χ0n) is 10.2. The Bertz CT molecular complexity index is 468. The molecule has 100 valence electrons. The third-order valence-electron chi connectivity index (χ3n) is 2.79. The smallest absolute Gasteiger partial charge is 0.297 e. The molecule has 1 fully saturated rings. The summed E-state index contributed by atoms with van der Waals surface area (Å²) >= 11 is 0. The lowest BCUT2D eigenvalue weighted by Crippen LogP contribution is -2.45. The van der Waals surface area contributed by atoms with Crippen molar-refractivity contribution in [1.29, 1.82) is 0 Å². The maximum atomic E-state index is 12.0. The van der Waals surface area contributed by atoms with Crippen molar-refractivity contribution in [3.05, 3.63) is 30.3 Å². The van der Waals surface area contributed by atoms with Crippen LogP contribution in [0.25, 0.3) is 0 Å². The summed E-state index contributed by atoms with van der Waals surface area (Å²) in [5.41, 5.74) is 0. The van der Waals surface area contributed by atoms with E-state index >= 15 is 0 Å². The molecule has 1 aliphatic rings. The molecular formula is C12H17NO4S. The average molecular weight is 271 g/mol. The zero-order valence-corrected chi connectivity index (χ0v) is 11.0. The summed E-state index contributed by atoms with van der Waals surface area (Å²) < 4.78 is 34.6. The molecule has 1 heterocycles. The maximum Gasteiger partial charge on any atom is 0.297 e. The summed E-state index contributed by atoms with van der Waals surface area (Å²) in [6.45, 7) is 3.67. The quantitative estimate of drug-likeness (QED) is 0.819. The monoisotopic (exact) mass is 271 g/mol. The van der Waals surface area contributed by atoms with E-state index in [4.69, 9.17) is 8.92 Å². The summed E-state index contributed by atoms with van der Waals surface area (Å²) in [5, 5.41) is 3.14. The highest BCUT2D eigenvalue weighted by atomic mass is 32.2. The van der Waals surface area contributed by atoms with Crippen molar-refractivity contribution >= 4 is 10.1 Å². The molecule has 0 bridgehead atoms. The second kappa shape index (κ2) is 5.79. The minimum atomic E-state index is -3.72. The lowest BCUT2D eigenvalue weighted by Gasteiger charge is -2.28. The van der Waals surface area contributed by atoms with Gasteiger partial charge < -0.3 is 10.1 Å². The van der Waals surface area contributed by atoms with Gasteiger partial charge in [0.25, 0.3) is 10.1 Å². The predicted molar refractivity (Wildman–Crippen MR) is 66.8 cm³/mol. The molecule has 0 spiro atoms. The molecule has 1 N–H and O–H groups in total. The Morgan fingerprint density at radius 3 is 2.72 bits per heavy atom. The van der Waals surface area contributed by atoms with Gasteiger partial charge in [-0.05, 0) is 19.1 Å². The van der Waals surface area contributed by atoms with Crippen molar-refractivity contribution in [1.82, 2.24) is 5.32 Å². The number of nitrogens with one attached hydrogen (secondary N) is 1. The summed E-state index contributed by atoms with van der Waals surface area (Å²) in [5.74, 6) is 0. The Labute approximate surface area is 107 Å². The van der Waals surface area contributed by atoms with Crippen LogP contribution in [0, 0.1) is 0 Å². The van der Waals surface area contributed by atoms with E-state index in [-0.39, 0.29) is 11.0 Å². The Kier molecular flexibility index (Phi) is 4.34. The van der Waals surface area contributed by atoms with Gasteiger partial charge in [-0.2, -0.15) is 8.42 Å². The summed E-state index contributed by atoms with van der Waals surface area (Å²) in [6.07, 6.45) is -0.750. The number of hydrogen-bond donors (Lipinski definition) is 1. The maximum absolute atomic E-state index is 12.0. The van der Waals surface area contributed by atoms with E-state index in [1.807, 2.05) is 0 Å².